The Hall–Kier alpha value is -2.04. The molecule has 5 nitrogen and oxygen atoms in total. The van der Waals surface area contributed by atoms with E-state index in [4.69, 9.17) is 5.73 Å². The van der Waals surface area contributed by atoms with E-state index in [1.807, 2.05) is 29.2 Å². The van der Waals surface area contributed by atoms with Crippen LogP contribution in [0.3, 0.4) is 0 Å². The molecule has 0 bridgehead atoms. The summed E-state index contributed by atoms with van der Waals surface area (Å²) < 4.78 is 0. The van der Waals surface area contributed by atoms with Gasteiger partial charge in [0.15, 0.2) is 5.96 Å². The highest BCUT2D eigenvalue weighted by atomic mass is 16.2. The Morgan fingerprint density at radius 3 is 2.60 bits per heavy atom. The number of amides is 1. The smallest absolute Gasteiger partial charge is 0.253 e. The number of hydrogen-bond donors (Lipinski definition) is 2. The fourth-order valence-corrected chi connectivity index (χ4v) is 3.76. The molecule has 0 radical (unpaired) electrons. The molecular formula is C20H30N4O. The summed E-state index contributed by atoms with van der Waals surface area (Å²) in [6.07, 6.45) is 9.67. The maximum atomic E-state index is 12.6. The van der Waals surface area contributed by atoms with E-state index < -0.39 is 0 Å². The number of benzene rings is 1. The summed E-state index contributed by atoms with van der Waals surface area (Å²) in [4.78, 5) is 19.0. The molecule has 1 aromatic carbocycles. The molecule has 1 amide bonds. The third-order valence-corrected chi connectivity index (χ3v) is 5.21. The number of guanidine groups is 1. The van der Waals surface area contributed by atoms with Crippen LogP contribution in [0, 0.1) is 0 Å². The molecule has 1 heterocycles. The van der Waals surface area contributed by atoms with Gasteiger partial charge in [-0.15, -0.1) is 0 Å². The zero-order chi connectivity index (χ0) is 17.5. The highest BCUT2D eigenvalue weighted by molar-refractivity contribution is 5.94. The zero-order valence-electron chi connectivity index (χ0n) is 15.0. The van der Waals surface area contributed by atoms with Crippen molar-refractivity contribution in [3.63, 3.8) is 0 Å². The SMILES string of the molecule is NC(=NCc1cccc(C(=O)N2CCCCC2)c1)NC1CCCCC1. The van der Waals surface area contributed by atoms with Gasteiger partial charge >= 0.3 is 0 Å². The standard InChI is InChI=1S/C20H30N4O/c21-20(23-18-10-3-1-4-11-18)22-15-16-8-7-9-17(14-16)19(25)24-12-5-2-6-13-24/h7-9,14,18H,1-6,10-13,15H2,(H3,21,22,23). The van der Waals surface area contributed by atoms with Crippen LogP contribution in [-0.2, 0) is 6.54 Å². The lowest BCUT2D eigenvalue weighted by Gasteiger charge is -2.26. The normalized spacial score (nSPS) is 19.7. The maximum absolute atomic E-state index is 12.6. The molecule has 1 aliphatic carbocycles. The van der Waals surface area contributed by atoms with Crippen molar-refractivity contribution in [1.29, 1.82) is 0 Å². The first-order valence-corrected chi connectivity index (χ1v) is 9.67. The quantitative estimate of drug-likeness (QED) is 0.652. The first-order valence-electron chi connectivity index (χ1n) is 9.67. The Morgan fingerprint density at radius 1 is 1.12 bits per heavy atom. The molecular weight excluding hydrogens is 312 g/mol. The van der Waals surface area contributed by atoms with Gasteiger partial charge in [0.1, 0.15) is 0 Å². The molecule has 3 rings (SSSR count). The lowest BCUT2D eigenvalue weighted by atomic mass is 9.96. The fraction of sp³-hybridized carbons (Fsp3) is 0.600. The summed E-state index contributed by atoms with van der Waals surface area (Å²) in [7, 11) is 0. The van der Waals surface area contributed by atoms with E-state index >= 15 is 0 Å². The van der Waals surface area contributed by atoms with Gasteiger partial charge in [0, 0.05) is 24.7 Å². The van der Waals surface area contributed by atoms with Crippen LogP contribution in [0.25, 0.3) is 0 Å². The second-order valence-electron chi connectivity index (χ2n) is 7.23. The number of piperidine rings is 1. The van der Waals surface area contributed by atoms with Crippen molar-refractivity contribution in [2.24, 2.45) is 10.7 Å². The molecule has 2 aliphatic rings. The molecule has 0 unspecified atom stereocenters. The van der Waals surface area contributed by atoms with E-state index in [-0.39, 0.29) is 5.91 Å². The van der Waals surface area contributed by atoms with Crippen molar-refractivity contribution in [2.75, 3.05) is 13.1 Å². The van der Waals surface area contributed by atoms with Crippen molar-refractivity contribution < 1.29 is 4.79 Å². The van der Waals surface area contributed by atoms with E-state index in [1.54, 1.807) is 0 Å². The number of nitrogens with zero attached hydrogens (tertiary/aromatic N) is 2. The monoisotopic (exact) mass is 342 g/mol. The van der Waals surface area contributed by atoms with Gasteiger partial charge in [-0.2, -0.15) is 0 Å². The average molecular weight is 342 g/mol. The largest absolute Gasteiger partial charge is 0.370 e. The van der Waals surface area contributed by atoms with Crippen LogP contribution in [0.4, 0.5) is 0 Å². The number of aliphatic imine (C=N–C) groups is 1. The lowest BCUT2D eigenvalue weighted by molar-refractivity contribution is 0.0724. The molecule has 0 aromatic heterocycles. The predicted octanol–water partition coefficient (Wildman–Crippen LogP) is 3.05. The topological polar surface area (TPSA) is 70.7 Å². The van der Waals surface area contributed by atoms with E-state index in [2.05, 4.69) is 10.3 Å². The average Bonchev–Trinajstić information content (AvgIpc) is 2.67. The third-order valence-electron chi connectivity index (χ3n) is 5.21. The lowest BCUT2D eigenvalue weighted by Crippen LogP contribution is -2.41. The third kappa shape index (κ3) is 5.21. The number of carbonyl (C=O) groups is 1. The van der Waals surface area contributed by atoms with E-state index in [0.29, 0.717) is 18.5 Å². The van der Waals surface area contributed by atoms with Crippen molar-refractivity contribution in [1.82, 2.24) is 10.2 Å². The molecule has 0 atom stereocenters. The van der Waals surface area contributed by atoms with Gasteiger partial charge in [0.2, 0.25) is 0 Å². The Bertz CT molecular complexity index is 601. The molecule has 1 saturated carbocycles. The fourth-order valence-electron chi connectivity index (χ4n) is 3.76. The summed E-state index contributed by atoms with van der Waals surface area (Å²) in [5, 5.41) is 3.33. The summed E-state index contributed by atoms with van der Waals surface area (Å²) >= 11 is 0. The van der Waals surface area contributed by atoms with Crippen LogP contribution in [0.2, 0.25) is 0 Å². The highest BCUT2D eigenvalue weighted by Crippen LogP contribution is 2.17. The zero-order valence-corrected chi connectivity index (χ0v) is 15.0. The second-order valence-corrected chi connectivity index (χ2v) is 7.23. The molecule has 3 N–H and O–H groups in total. The predicted molar refractivity (Wildman–Crippen MR) is 102 cm³/mol. The Labute approximate surface area is 150 Å². The van der Waals surface area contributed by atoms with Crippen LogP contribution in [0.5, 0.6) is 0 Å². The van der Waals surface area contributed by atoms with Crippen LogP contribution in [0.1, 0.15) is 67.3 Å². The van der Waals surface area contributed by atoms with Crippen LogP contribution < -0.4 is 11.1 Å². The van der Waals surface area contributed by atoms with Crippen LogP contribution in [-0.4, -0.2) is 35.9 Å². The van der Waals surface area contributed by atoms with E-state index in [0.717, 1.165) is 37.1 Å². The molecule has 1 aromatic rings. The number of nitrogens with two attached hydrogens (primary N) is 1. The number of carbonyl (C=O) groups excluding carboxylic acids is 1. The summed E-state index contributed by atoms with van der Waals surface area (Å²) in [6.45, 7) is 2.26. The molecule has 25 heavy (non-hydrogen) atoms. The summed E-state index contributed by atoms with van der Waals surface area (Å²) in [5.74, 6) is 0.651. The minimum absolute atomic E-state index is 0.138. The van der Waals surface area contributed by atoms with Gasteiger partial charge in [-0.25, -0.2) is 4.99 Å². The van der Waals surface area contributed by atoms with Crippen molar-refractivity contribution in [3.05, 3.63) is 35.4 Å². The molecule has 1 saturated heterocycles. The Morgan fingerprint density at radius 2 is 1.84 bits per heavy atom. The molecule has 0 spiro atoms. The Balaban J connectivity index is 1.57. The first-order chi connectivity index (χ1) is 12.2. The summed E-state index contributed by atoms with van der Waals surface area (Å²) in [6, 6.07) is 8.25. The number of rotatable bonds is 4. The molecule has 2 fully saturated rings. The van der Waals surface area contributed by atoms with Gasteiger partial charge in [-0.05, 0) is 49.8 Å². The van der Waals surface area contributed by atoms with Crippen molar-refractivity contribution >= 4 is 11.9 Å². The van der Waals surface area contributed by atoms with E-state index in [1.165, 1.54) is 38.5 Å². The van der Waals surface area contributed by atoms with Gasteiger partial charge in [-0.1, -0.05) is 31.4 Å². The number of hydrogen-bond acceptors (Lipinski definition) is 2. The van der Waals surface area contributed by atoms with E-state index in [9.17, 15) is 4.79 Å². The highest BCUT2D eigenvalue weighted by Gasteiger charge is 2.18. The van der Waals surface area contributed by atoms with Crippen LogP contribution in [0.15, 0.2) is 29.3 Å². The molecule has 5 heteroatoms. The minimum atomic E-state index is 0.138. The Kier molecular flexibility index (Phi) is 6.31. The summed E-state index contributed by atoms with van der Waals surface area (Å²) in [5.41, 5.74) is 7.81. The molecule has 136 valence electrons. The van der Waals surface area contributed by atoms with Crippen LogP contribution >= 0.6 is 0 Å². The van der Waals surface area contributed by atoms with Gasteiger partial charge in [-0.3, -0.25) is 4.79 Å². The van der Waals surface area contributed by atoms with Gasteiger partial charge < -0.3 is 16.0 Å². The van der Waals surface area contributed by atoms with Gasteiger partial charge in [0.25, 0.3) is 5.91 Å². The van der Waals surface area contributed by atoms with Crippen molar-refractivity contribution in [3.8, 4) is 0 Å². The minimum Gasteiger partial charge on any atom is -0.370 e. The maximum Gasteiger partial charge on any atom is 0.253 e. The number of nitrogens with one attached hydrogen (secondary N) is 1. The van der Waals surface area contributed by atoms with Crippen molar-refractivity contribution in [2.45, 2.75) is 64.0 Å². The number of likely N-dealkylation sites (tertiary alicyclic amines) is 1. The second kappa shape index (κ2) is 8.88. The van der Waals surface area contributed by atoms with Gasteiger partial charge in [0.05, 0.1) is 6.54 Å². The molecule has 1 aliphatic heterocycles. The first kappa shape index (κ1) is 17.8.